The lowest BCUT2D eigenvalue weighted by atomic mass is 10.4. The van der Waals surface area contributed by atoms with E-state index in [2.05, 4.69) is 6.58 Å². The normalized spacial score (nSPS) is 11.1. The van der Waals surface area contributed by atoms with Crippen LogP contribution in [0.15, 0.2) is 12.3 Å². The lowest BCUT2D eigenvalue weighted by Gasteiger charge is -2.41. The molecule has 13 heavy (non-hydrogen) atoms. The predicted octanol–water partition coefficient (Wildman–Crippen LogP) is 1.42. The molecule has 0 aliphatic carbocycles. The van der Waals surface area contributed by atoms with Crippen molar-refractivity contribution in [3.8, 4) is 0 Å². The minimum Gasteiger partial charge on any atom is -0.628 e. The van der Waals surface area contributed by atoms with Gasteiger partial charge in [0.25, 0.3) is 0 Å². The third-order valence-electron chi connectivity index (χ3n) is 2.04. The fourth-order valence-electron chi connectivity index (χ4n) is 0.973. The van der Waals surface area contributed by atoms with Crippen LogP contribution in [0.1, 0.15) is 20.8 Å². The molecule has 0 saturated carbocycles. The number of hydrogen-bond acceptors (Lipinski definition) is 3. The van der Waals surface area contributed by atoms with Gasteiger partial charge in [-0.15, -0.1) is 0 Å². The first-order chi connectivity index (χ1) is 5.96. The van der Waals surface area contributed by atoms with Gasteiger partial charge in [-0.1, -0.05) is 0 Å². The number of carbonyl (C=O) groups excluding carboxylic acids is 1. The van der Waals surface area contributed by atoms with Crippen molar-refractivity contribution >= 4 is 5.97 Å². The summed E-state index contributed by atoms with van der Waals surface area (Å²) < 4.78 is 4.21. The van der Waals surface area contributed by atoms with E-state index in [4.69, 9.17) is 4.74 Å². The Morgan fingerprint density at radius 3 is 2.23 bits per heavy atom. The van der Waals surface area contributed by atoms with Crippen LogP contribution in [-0.4, -0.2) is 30.3 Å². The van der Waals surface area contributed by atoms with E-state index in [1.807, 2.05) is 0 Å². The van der Waals surface area contributed by atoms with E-state index < -0.39 is 4.65 Å². The highest BCUT2D eigenvalue weighted by molar-refractivity contribution is 5.66. The summed E-state index contributed by atoms with van der Waals surface area (Å²) in [6.07, 6.45) is 0. The van der Waals surface area contributed by atoms with Crippen LogP contribution in [0.4, 0.5) is 0 Å². The SMILES string of the molecule is C=C(COC(C)=O)[N+]([O-])(CC)CC. The zero-order valence-electron chi connectivity index (χ0n) is 8.50. The third kappa shape index (κ3) is 3.57. The van der Waals surface area contributed by atoms with Crippen LogP contribution in [0.25, 0.3) is 0 Å². The summed E-state index contributed by atoms with van der Waals surface area (Å²) in [6.45, 7) is 9.35. The molecule has 0 aromatic heterocycles. The number of likely N-dealkylation sites (N-methyl/N-ethyl adjacent to an activating group) is 1. The molecule has 4 heteroatoms. The van der Waals surface area contributed by atoms with Crippen molar-refractivity contribution in [3.63, 3.8) is 0 Å². The number of rotatable bonds is 5. The van der Waals surface area contributed by atoms with Gasteiger partial charge in [0.05, 0.1) is 13.1 Å². The lowest BCUT2D eigenvalue weighted by Crippen LogP contribution is -2.41. The molecule has 0 saturated heterocycles. The average molecular weight is 187 g/mol. The predicted molar refractivity (Wildman–Crippen MR) is 50.5 cm³/mol. The largest absolute Gasteiger partial charge is 0.628 e. The molecule has 76 valence electrons. The van der Waals surface area contributed by atoms with Crippen LogP contribution >= 0.6 is 0 Å². The minimum atomic E-state index is -0.493. The highest BCUT2D eigenvalue weighted by Crippen LogP contribution is 2.13. The molecule has 0 spiro atoms. The van der Waals surface area contributed by atoms with Gasteiger partial charge in [0, 0.05) is 6.92 Å². The van der Waals surface area contributed by atoms with Crippen LogP contribution in [0.2, 0.25) is 0 Å². The molecule has 0 atom stereocenters. The van der Waals surface area contributed by atoms with Gasteiger partial charge in [0.15, 0.2) is 6.61 Å². The van der Waals surface area contributed by atoms with Crippen molar-refractivity contribution in [2.45, 2.75) is 20.8 Å². The molecule has 0 rings (SSSR count). The van der Waals surface area contributed by atoms with Crippen molar-refractivity contribution in [1.82, 2.24) is 0 Å². The molecule has 0 aliphatic rings. The number of quaternary nitrogens is 1. The van der Waals surface area contributed by atoms with Gasteiger partial charge in [-0.2, -0.15) is 0 Å². The zero-order valence-corrected chi connectivity index (χ0v) is 8.50. The second kappa shape index (κ2) is 4.99. The van der Waals surface area contributed by atoms with E-state index in [9.17, 15) is 10.0 Å². The number of esters is 1. The Labute approximate surface area is 79.0 Å². The third-order valence-corrected chi connectivity index (χ3v) is 2.04. The first-order valence-corrected chi connectivity index (χ1v) is 4.36. The van der Waals surface area contributed by atoms with Crippen molar-refractivity contribution in [3.05, 3.63) is 17.5 Å². The van der Waals surface area contributed by atoms with E-state index in [1.54, 1.807) is 13.8 Å². The molecule has 0 fully saturated rings. The summed E-state index contributed by atoms with van der Waals surface area (Å²) in [4.78, 5) is 10.5. The summed E-state index contributed by atoms with van der Waals surface area (Å²) in [5.74, 6) is -0.389. The molecule has 0 aliphatic heterocycles. The van der Waals surface area contributed by atoms with Crippen molar-refractivity contribution < 1.29 is 14.2 Å². The molecular formula is C9H17NO3. The Balaban J connectivity index is 4.15. The van der Waals surface area contributed by atoms with Gasteiger partial charge in [-0.05, 0) is 20.4 Å². The van der Waals surface area contributed by atoms with Crippen molar-refractivity contribution in [1.29, 1.82) is 0 Å². The molecule has 0 bridgehead atoms. The number of carbonyl (C=O) groups is 1. The maximum Gasteiger partial charge on any atom is 0.303 e. The summed E-state index contributed by atoms with van der Waals surface area (Å²) in [5, 5.41) is 11.8. The lowest BCUT2D eigenvalue weighted by molar-refractivity contribution is -0.840. The van der Waals surface area contributed by atoms with Gasteiger partial charge >= 0.3 is 5.97 Å². The van der Waals surface area contributed by atoms with Gasteiger partial charge in [0.2, 0.25) is 0 Å². The Bertz CT molecular complexity index is 197. The van der Waals surface area contributed by atoms with Gasteiger partial charge in [-0.3, -0.25) is 4.79 Å². The van der Waals surface area contributed by atoms with Gasteiger partial charge in [0.1, 0.15) is 5.70 Å². The Morgan fingerprint density at radius 1 is 1.46 bits per heavy atom. The summed E-state index contributed by atoms with van der Waals surface area (Å²) in [7, 11) is 0. The van der Waals surface area contributed by atoms with E-state index >= 15 is 0 Å². The molecule has 0 unspecified atom stereocenters. The highest BCUT2D eigenvalue weighted by Gasteiger charge is 2.17. The minimum absolute atomic E-state index is 0.0144. The molecule has 0 amide bonds. The van der Waals surface area contributed by atoms with Crippen LogP contribution in [-0.2, 0) is 9.53 Å². The smallest absolute Gasteiger partial charge is 0.303 e. The number of hydrogen-bond donors (Lipinski definition) is 0. The first-order valence-electron chi connectivity index (χ1n) is 4.36. The average Bonchev–Trinajstić information content (AvgIpc) is 2.12. The van der Waals surface area contributed by atoms with E-state index in [-0.39, 0.29) is 12.6 Å². The molecule has 0 N–H and O–H groups in total. The summed E-state index contributed by atoms with van der Waals surface area (Å²) >= 11 is 0. The fourth-order valence-corrected chi connectivity index (χ4v) is 0.973. The molecule has 0 aromatic carbocycles. The Kier molecular flexibility index (Phi) is 4.66. The molecule has 0 aromatic rings. The Hall–Kier alpha value is -0.870. The number of ether oxygens (including phenoxy) is 1. The second-order valence-corrected chi connectivity index (χ2v) is 2.87. The second-order valence-electron chi connectivity index (χ2n) is 2.87. The fraction of sp³-hybridized carbons (Fsp3) is 0.667. The van der Waals surface area contributed by atoms with E-state index in [0.717, 1.165) is 0 Å². The van der Waals surface area contributed by atoms with Crippen LogP contribution in [0, 0.1) is 5.21 Å². The number of hydroxylamine groups is 3. The first kappa shape index (κ1) is 12.1. The van der Waals surface area contributed by atoms with Crippen molar-refractivity contribution in [2.75, 3.05) is 19.7 Å². The van der Waals surface area contributed by atoms with Crippen molar-refractivity contribution in [2.24, 2.45) is 0 Å². The van der Waals surface area contributed by atoms with Crippen LogP contribution < -0.4 is 0 Å². The van der Waals surface area contributed by atoms with Gasteiger partial charge in [-0.25, -0.2) is 0 Å². The quantitative estimate of drug-likeness (QED) is 0.371. The van der Waals surface area contributed by atoms with Crippen LogP contribution in [0.3, 0.4) is 0 Å². The molecule has 4 nitrogen and oxygen atoms in total. The summed E-state index contributed by atoms with van der Waals surface area (Å²) in [6, 6.07) is 0. The topological polar surface area (TPSA) is 49.4 Å². The molecule has 0 radical (unpaired) electrons. The van der Waals surface area contributed by atoms with Crippen LogP contribution in [0.5, 0.6) is 0 Å². The molecule has 0 heterocycles. The summed E-state index contributed by atoms with van der Waals surface area (Å²) in [5.41, 5.74) is 0.389. The van der Waals surface area contributed by atoms with E-state index in [1.165, 1.54) is 6.92 Å². The highest BCUT2D eigenvalue weighted by atomic mass is 16.6. The zero-order chi connectivity index (χ0) is 10.5. The standard InChI is InChI=1S/C9H17NO3/c1-5-10(12,6-2)8(3)7-13-9(4)11/h3,5-7H2,1-2,4H3. The monoisotopic (exact) mass is 187 g/mol. The maximum atomic E-state index is 11.8. The number of nitrogens with zero attached hydrogens (tertiary/aromatic N) is 1. The molecular weight excluding hydrogens is 170 g/mol. The maximum absolute atomic E-state index is 11.8. The van der Waals surface area contributed by atoms with Gasteiger partial charge < -0.3 is 14.6 Å². The Morgan fingerprint density at radius 2 is 1.92 bits per heavy atom. The van der Waals surface area contributed by atoms with E-state index in [0.29, 0.717) is 18.8 Å².